The van der Waals surface area contributed by atoms with Gasteiger partial charge < -0.3 is 10.3 Å². The minimum Gasteiger partial charge on any atom is -0.396 e. The number of hydrogen-bond donors (Lipinski definition) is 1. The molecule has 2 N–H and O–H groups in total. The lowest BCUT2D eigenvalue weighted by Crippen LogP contribution is -1.90. The topological polar surface area (TPSA) is 90.7 Å². The van der Waals surface area contributed by atoms with E-state index in [-0.39, 0.29) is 11.7 Å². The molecule has 8 heteroatoms. The van der Waals surface area contributed by atoms with Crippen LogP contribution in [0.5, 0.6) is 0 Å². The number of nitrogen functional groups attached to an aromatic ring is 1. The van der Waals surface area contributed by atoms with Gasteiger partial charge in [0.25, 0.3) is 5.89 Å². The Kier molecular flexibility index (Phi) is 3.25. The fraction of sp³-hybridized carbons (Fsp3) is 0. The van der Waals surface area contributed by atoms with Gasteiger partial charge in [0, 0.05) is 18.0 Å². The van der Waals surface area contributed by atoms with E-state index in [9.17, 15) is 0 Å². The van der Waals surface area contributed by atoms with Crippen molar-refractivity contribution in [3.63, 3.8) is 0 Å². The summed E-state index contributed by atoms with van der Waals surface area (Å²) >= 11 is 11.9. The third-order valence-electron chi connectivity index (χ3n) is 2.52. The summed E-state index contributed by atoms with van der Waals surface area (Å²) in [6.45, 7) is 0. The number of hydrogen-bond acceptors (Lipinski definition) is 6. The van der Waals surface area contributed by atoms with Gasteiger partial charge in [-0.1, -0.05) is 28.4 Å². The molecule has 0 atom stereocenters. The van der Waals surface area contributed by atoms with Gasteiger partial charge in [-0.05, 0) is 18.2 Å². The zero-order valence-electron chi connectivity index (χ0n) is 9.92. The summed E-state index contributed by atoms with van der Waals surface area (Å²) in [7, 11) is 0. The van der Waals surface area contributed by atoms with Crippen molar-refractivity contribution >= 4 is 28.9 Å². The lowest BCUT2D eigenvalue weighted by molar-refractivity contribution is 0.432. The van der Waals surface area contributed by atoms with Crippen molar-refractivity contribution in [2.24, 2.45) is 0 Å². The highest BCUT2D eigenvalue weighted by atomic mass is 35.5. The van der Waals surface area contributed by atoms with E-state index in [1.54, 1.807) is 30.6 Å². The van der Waals surface area contributed by atoms with Gasteiger partial charge in [0.1, 0.15) is 0 Å². The Morgan fingerprint density at radius 3 is 2.30 bits per heavy atom. The molecule has 0 amide bonds. The van der Waals surface area contributed by atoms with E-state index in [4.69, 9.17) is 33.5 Å². The SMILES string of the molecule is Nc1c(Cl)cc(-c2nc(-c3ncccn3)no2)cc1Cl. The minimum atomic E-state index is 0.260. The molecule has 1 aromatic carbocycles. The summed E-state index contributed by atoms with van der Waals surface area (Å²) < 4.78 is 5.16. The minimum absolute atomic E-state index is 0.260. The molecule has 20 heavy (non-hydrogen) atoms. The van der Waals surface area contributed by atoms with Crippen molar-refractivity contribution in [3.05, 3.63) is 40.6 Å². The van der Waals surface area contributed by atoms with Crippen LogP contribution in [0.1, 0.15) is 0 Å². The Morgan fingerprint density at radius 1 is 1.00 bits per heavy atom. The zero-order chi connectivity index (χ0) is 14.1. The number of benzene rings is 1. The zero-order valence-corrected chi connectivity index (χ0v) is 11.4. The third kappa shape index (κ3) is 2.31. The highest BCUT2D eigenvalue weighted by molar-refractivity contribution is 6.39. The van der Waals surface area contributed by atoms with Gasteiger partial charge in [-0.2, -0.15) is 4.98 Å². The molecule has 2 aromatic heterocycles. The first-order chi connectivity index (χ1) is 9.65. The molecule has 3 aromatic rings. The number of rotatable bonds is 2. The standard InChI is InChI=1S/C12H7Cl2N5O/c13-7-4-6(5-8(14)9(7)15)12-18-11(19-20-12)10-16-2-1-3-17-10/h1-5H,15H2. The van der Waals surface area contributed by atoms with Crippen molar-refractivity contribution in [2.45, 2.75) is 0 Å². The predicted molar refractivity (Wildman–Crippen MR) is 75.2 cm³/mol. The van der Waals surface area contributed by atoms with Crippen LogP contribution in [0.15, 0.2) is 35.1 Å². The van der Waals surface area contributed by atoms with Crippen LogP contribution in [-0.4, -0.2) is 20.1 Å². The highest BCUT2D eigenvalue weighted by Gasteiger charge is 2.14. The maximum Gasteiger partial charge on any atom is 0.258 e. The number of nitrogens with two attached hydrogens (primary N) is 1. The number of halogens is 2. The monoisotopic (exact) mass is 307 g/mol. The van der Waals surface area contributed by atoms with Crippen LogP contribution >= 0.6 is 23.2 Å². The van der Waals surface area contributed by atoms with Crippen LogP contribution in [0.25, 0.3) is 23.1 Å². The second-order valence-corrected chi connectivity index (χ2v) is 4.66. The number of nitrogens with zero attached hydrogens (tertiary/aromatic N) is 4. The van der Waals surface area contributed by atoms with Crippen LogP contribution in [0.3, 0.4) is 0 Å². The maximum atomic E-state index is 5.97. The van der Waals surface area contributed by atoms with Crippen LogP contribution < -0.4 is 5.73 Å². The molecule has 0 aliphatic carbocycles. The molecule has 0 aliphatic heterocycles. The van der Waals surface area contributed by atoms with Gasteiger partial charge in [0.05, 0.1) is 15.7 Å². The number of anilines is 1. The molecule has 0 aliphatic rings. The second-order valence-electron chi connectivity index (χ2n) is 3.85. The first kappa shape index (κ1) is 12.8. The predicted octanol–water partition coefficient (Wildman–Crippen LogP) is 3.08. The average Bonchev–Trinajstić information content (AvgIpc) is 2.95. The van der Waals surface area contributed by atoms with E-state index in [2.05, 4.69) is 20.1 Å². The van der Waals surface area contributed by atoms with Crippen molar-refractivity contribution in [2.75, 3.05) is 5.73 Å². The van der Waals surface area contributed by atoms with E-state index in [1.165, 1.54) is 0 Å². The fourth-order valence-electron chi connectivity index (χ4n) is 1.55. The summed E-state index contributed by atoms with van der Waals surface area (Å²) in [5.41, 5.74) is 6.56. The van der Waals surface area contributed by atoms with Crippen LogP contribution in [-0.2, 0) is 0 Å². The summed E-state index contributed by atoms with van der Waals surface area (Å²) in [6.07, 6.45) is 3.19. The summed E-state index contributed by atoms with van der Waals surface area (Å²) in [5, 5.41) is 4.46. The average molecular weight is 308 g/mol. The molecule has 0 unspecified atom stereocenters. The fourth-order valence-corrected chi connectivity index (χ4v) is 2.04. The van der Waals surface area contributed by atoms with Crippen molar-refractivity contribution < 1.29 is 4.52 Å². The van der Waals surface area contributed by atoms with E-state index in [1.807, 2.05) is 0 Å². The smallest absolute Gasteiger partial charge is 0.258 e. The van der Waals surface area contributed by atoms with Gasteiger partial charge in [-0.25, -0.2) is 9.97 Å². The van der Waals surface area contributed by atoms with Crippen molar-refractivity contribution in [1.82, 2.24) is 20.1 Å². The first-order valence-electron chi connectivity index (χ1n) is 5.51. The molecule has 0 spiro atoms. The molecule has 0 bridgehead atoms. The van der Waals surface area contributed by atoms with Gasteiger partial charge in [-0.3, -0.25) is 0 Å². The molecule has 3 rings (SSSR count). The lowest BCUT2D eigenvalue weighted by Gasteiger charge is -2.02. The van der Waals surface area contributed by atoms with Gasteiger partial charge in [0.15, 0.2) is 0 Å². The molecule has 0 radical (unpaired) electrons. The molecule has 0 fully saturated rings. The molecule has 0 saturated carbocycles. The molecule has 2 heterocycles. The lowest BCUT2D eigenvalue weighted by atomic mass is 10.2. The second kappa shape index (κ2) is 5.07. The largest absolute Gasteiger partial charge is 0.396 e. The van der Waals surface area contributed by atoms with Crippen LogP contribution in [0.2, 0.25) is 10.0 Å². The van der Waals surface area contributed by atoms with E-state index in [0.29, 0.717) is 27.1 Å². The Morgan fingerprint density at radius 2 is 1.65 bits per heavy atom. The van der Waals surface area contributed by atoms with E-state index < -0.39 is 0 Å². The Bertz CT molecular complexity index is 737. The van der Waals surface area contributed by atoms with Crippen LogP contribution in [0, 0.1) is 0 Å². The highest BCUT2D eigenvalue weighted by Crippen LogP contribution is 2.33. The van der Waals surface area contributed by atoms with Crippen LogP contribution in [0.4, 0.5) is 5.69 Å². The quantitative estimate of drug-likeness (QED) is 0.732. The molecule has 6 nitrogen and oxygen atoms in total. The van der Waals surface area contributed by atoms with E-state index in [0.717, 1.165) is 0 Å². The van der Waals surface area contributed by atoms with Gasteiger partial charge in [0.2, 0.25) is 11.6 Å². The van der Waals surface area contributed by atoms with Crippen molar-refractivity contribution in [1.29, 1.82) is 0 Å². The Hall–Kier alpha value is -2.18. The summed E-state index contributed by atoms with van der Waals surface area (Å²) in [5.74, 6) is 0.913. The van der Waals surface area contributed by atoms with Crippen molar-refractivity contribution in [3.8, 4) is 23.1 Å². The number of aromatic nitrogens is 4. The van der Waals surface area contributed by atoms with Gasteiger partial charge >= 0.3 is 0 Å². The summed E-state index contributed by atoms with van der Waals surface area (Å²) in [4.78, 5) is 12.3. The molecular weight excluding hydrogens is 301 g/mol. The first-order valence-corrected chi connectivity index (χ1v) is 6.27. The molecule has 0 saturated heterocycles. The normalized spacial score (nSPS) is 10.7. The molecular formula is C12H7Cl2N5O. The summed E-state index contributed by atoms with van der Waals surface area (Å²) in [6, 6.07) is 4.90. The molecule has 100 valence electrons. The van der Waals surface area contributed by atoms with E-state index >= 15 is 0 Å². The van der Waals surface area contributed by atoms with Gasteiger partial charge in [-0.15, -0.1) is 0 Å². The Labute approximate surface area is 123 Å². The Balaban J connectivity index is 2.03. The maximum absolute atomic E-state index is 5.97. The third-order valence-corrected chi connectivity index (χ3v) is 3.14.